The van der Waals surface area contributed by atoms with Crippen LogP contribution >= 0.6 is 22.7 Å². The van der Waals surface area contributed by atoms with Gasteiger partial charge in [0, 0.05) is 33.1 Å². The summed E-state index contributed by atoms with van der Waals surface area (Å²) in [4.78, 5) is 22.6. The molecule has 0 saturated heterocycles. The van der Waals surface area contributed by atoms with Crippen LogP contribution < -0.4 is 10.1 Å². The number of aromatic nitrogens is 2. The lowest BCUT2D eigenvalue weighted by atomic mass is 10.1. The maximum atomic E-state index is 12.8. The van der Waals surface area contributed by atoms with Gasteiger partial charge in [-0.3, -0.25) is 4.79 Å². The summed E-state index contributed by atoms with van der Waals surface area (Å²) in [5, 5.41) is 11.1. The quantitative estimate of drug-likeness (QED) is 0.307. The highest BCUT2D eigenvalue weighted by Crippen LogP contribution is 2.33. The van der Waals surface area contributed by atoms with Crippen molar-refractivity contribution in [1.82, 2.24) is 9.97 Å². The minimum Gasteiger partial charge on any atom is -0.494 e. The molecule has 5 nitrogen and oxygen atoms in total. The van der Waals surface area contributed by atoms with E-state index in [2.05, 4.69) is 22.1 Å². The molecule has 0 atom stereocenters. The molecule has 0 spiro atoms. The zero-order chi connectivity index (χ0) is 21.9. The zero-order valence-corrected chi connectivity index (χ0v) is 18.9. The van der Waals surface area contributed by atoms with Crippen molar-refractivity contribution in [3.63, 3.8) is 0 Å². The Hall–Kier alpha value is -3.55. The summed E-state index contributed by atoms with van der Waals surface area (Å²) in [7, 11) is 0. The van der Waals surface area contributed by atoms with Gasteiger partial charge in [-0.05, 0) is 72.3 Å². The highest BCUT2D eigenvalue weighted by molar-refractivity contribution is 7.08. The molecular weight excluding hydrogens is 438 g/mol. The van der Waals surface area contributed by atoms with E-state index in [0.29, 0.717) is 23.4 Å². The number of hydrogen-bond acceptors (Lipinski definition) is 6. The predicted octanol–water partition coefficient (Wildman–Crippen LogP) is 6.74. The van der Waals surface area contributed by atoms with E-state index in [4.69, 9.17) is 14.7 Å². The molecule has 0 fully saturated rings. The summed E-state index contributed by atoms with van der Waals surface area (Å²) in [6.45, 7) is 2.54. The van der Waals surface area contributed by atoms with E-state index in [0.717, 1.165) is 33.8 Å². The van der Waals surface area contributed by atoms with Gasteiger partial charge in [0.05, 0.1) is 29.0 Å². The van der Waals surface area contributed by atoms with Crippen molar-refractivity contribution in [2.45, 2.75) is 6.92 Å². The van der Waals surface area contributed by atoms with E-state index in [9.17, 15) is 4.79 Å². The van der Waals surface area contributed by atoms with Crippen LogP contribution in [0.4, 0.5) is 5.69 Å². The van der Waals surface area contributed by atoms with Gasteiger partial charge in [0.15, 0.2) is 0 Å². The van der Waals surface area contributed by atoms with E-state index in [1.807, 2.05) is 54.1 Å². The molecule has 5 rings (SSSR count). The fourth-order valence-electron chi connectivity index (χ4n) is 3.40. The molecule has 0 aliphatic carbocycles. The first-order valence-electron chi connectivity index (χ1n) is 10.1. The van der Waals surface area contributed by atoms with Crippen LogP contribution in [0.3, 0.4) is 0 Å². The molecule has 0 aliphatic rings. The molecule has 158 valence electrons. The number of hydrogen-bond donors (Lipinski definition) is 1. The first kappa shape index (κ1) is 20.4. The minimum absolute atomic E-state index is 0.197. The van der Waals surface area contributed by atoms with Crippen LogP contribution in [0.2, 0.25) is 0 Å². The van der Waals surface area contributed by atoms with Gasteiger partial charge in [0.2, 0.25) is 0 Å². The number of carbonyl (C=O) groups is 1. The lowest BCUT2D eigenvalue weighted by Crippen LogP contribution is -2.12. The molecule has 0 radical (unpaired) electrons. The lowest BCUT2D eigenvalue weighted by Gasteiger charge is -2.10. The van der Waals surface area contributed by atoms with Gasteiger partial charge >= 0.3 is 0 Å². The fraction of sp³-hybridized carbons (Fsp3) is 0.0800. The maximum absolute atomic E-state index is 12.8. The highest BCUT2D eigenvalue weighted by atomic mass is 32.1. The Labute approximate surface area is 193 Å². The third kappa shape index (κ3) is 4.12. The van der Waals surface area contributed by atoms with Gasteiger partial charge in [0.1, 0.15) is 5.75 Å². The molecule has 3 heterocycles. The molecule has 1 amide bonds. The monoisotopic (exact) mass is 457 g/mol. The SMILES string of the molecule is CCOc1ccc(NC(=O)c2ccc3nc(-c4ccsc4)c(-c4ccsc4)nc3c2)cc1. The average Bonchev–Trinajstić information content (AvgIpc) is 3.54. The molecule has 3 aromatic heterocycles. The second-order valence-electron chi connectivity index (χ2n) is 7.06. The number of nitrogens with zero attached hydrogens (tertiary/aromatic N) is 2. The topological polar surface area (TPSA) is 64.1 Å². The summed E-state index contributed by atoms with van der Waals surface area (Å²) >= 11 is 3.25. The molecule has 32 heavy (non-hydrogen) atoms. The first-order chi connectivity index (χ1) is 15.7. The zero-order valence-electron chi connectivity index (χ0n) is 17.2. The Morgan fingerprint density at radius 1 is 0.875 bits per heavy atom. The molecule has 7 heteroatoms. The first-order valence-corrected chi connectivity index (χ1v) is 12.0. The minimum atomic E-state index is -0.197. The number of ether oxygens (including phenoxy) is 1. The number of anilines is 1. The molecule has 1 N–H and O–H groups in total. The van der Waals surface area contributed by atoms with Crippen molar-refractivity contribution in [3.8, 4) is 28.3 Å². The standard InChI is InChI=1S/C25H19N3O2S2/c1-2-30-20-6-4-19(5-7-20)26-25(29)16-3-8-21-22(13-16)28-24(18-10-12-32-15-18)23(27-21)17-9-11-31-14-17/h3-15H,2H2,1H3,(H,26,29). The smallest absolute Gasteiger partial charge is 0.255 e. The van der Waals surface area contributed by atoms with E-state index in [-0.39, 0.29) is 5.91 Å². The molecule has 5 aromatic rings. The number of rotatable bonds is 6. The van der Waals surface area contributed by atoms with Crippen LogP contribution in [0.1, 0.15) is 17.3 Å². The van der Waals surface area contributed by atoms with Crippen LogP contribution in [0.5, 0.6) is 5.75 Å². The number of fused-ring (bicyclic) bond motifs is 1. The van der Waals surface area contributed by atoms with Crippen LogP contribution in [-0.2, 0) is 0 Å². The molecular formula is C25H19N3O2S2. The summed E-state index contributed by atoms with van der Waals surface area (Å²) in [5.41, 5.74) is 6.41. The van der Waals surface area contributed by atoms with Crippen molar-refractivity contribution < 1.29 is 9.53 Å². The number of benzene rings is 2. The van der Waals surface area contributed by atoms with Crippen LogP contribution in [0.25, 0.3) is 33.5 Å². The number of thiophene rings is 2. The lowest BCUT2D eigenvalue weighted by molar-refractivity contribution is 0.102. The van der Waals surface area contributed by atoms with Crippen LogP contribution in [0.15, 0.2) is 76.1 Å². The van der Waals surface area contributed by atoms with Gasteiger partial charge < -0.3 is 10.1 Å². The van der Waals surface area contributed by atoms with Crippen LogP contribution in [-0.4, -0.2) is 22.5 Å². The Bertz CT molecular complexity index is 1360. The van der Waals surface area contributed by atoms with Crippen molar-refractivity contribution in [2.24, 2.45) is 0 Å². The molecule has 0 aliphatic heterocycles. The summed E-state index contributed by atoms with van der Waals surface area (Å²) in [6.07, 6.45) is 0. The van der Waals surface area contributed by atoms with Crippen molar-refractivity contribution in [3.05, 3.63) is 81.7 Å². The van der Waals surface area contributed by atoms with Gasteiger partial charge in [0.25, 0.3) is 5.91 Å². The molecule has 0 unspecified atom stereocenters. The second kappa shape index (κ2) is 8.90. The van der Waals surface area contributed by atoms with E-state index < -0.39 is 0 Å². The Balaban J connectivity index is 1.49. The van der Waals surface area contributed by atoms with E-state index >= 15 is 0 Å². The number of nitrogens with one attached hydrogen (secondary N) is 1. The summed E-state index contributed by atoms with van der Waals surface area (Å²) < 4.78 is 5.45. The normalized spacial score (nSPS) is 10.9. The second-order valence-corrected chi connectivity index (χ2v) is 8.62. The summed E-state index contributed by atoms with van der Waals surface area (Å²) in [6, 6.07) is 16.8. The van der Waals surface area contributed by atoms with Gasteiger partial charge in [-0.25, -0.2) is 9.97 Å². The molecule has 0 saturated carbocycles. The maximum Gasteiger partial charge on any atom is 0.255 e. The van der Waals surface area contributed by atoms with Crippen molar-refractivity contribution in [2.75, 3.05) is 11.9 Å². The number of carbonyl (C=O) groups excluding carboxylic acids is 1. The molecule has 0 bridgehead atoms. The predicted molar refractivity (Wildman–Crippen MR) is 132 cm³/mol. The van der Waals surface area contributed by atoms with Gasteiger partial charge in [-0.1, -0.05) is 0 Å². The number of amides is 1. The highest BCUT2D eigenvalue weighted by Gasteiger charge is 2.15. The third-order valence-electron chi connectivity index (χ3n) is 4.94. The Kier molecular flexibility index (Phi) is 5.66. The van der Waals surface area contributed by atoms with Gasteiger partial charge in [-0.2, -0.15) is 22.7 Å². The van der Waals surface area contributed by atoms with Gasteiger partial charge in [-0.15, -0.1) is 0 Å². The van der Waals surface area contributed by atoms with Crippen molar-refractivity contribution in [1.29, 1.82) is 0 Å². The average molecular weight is 458 g/mol. The van der Waals surface area contributed by atoms with Crippen LogP contribution in [0, 0.1) is 0 Å². The fourth-order valence-corrected chi connectivity index (χ4v) is 4.68. The summed E-state index contributed by atoms with van der Waals surface area (Å²) in [5.74, 6) is 0.575. The Morgan fingerprint density at radius 3 is 2.12 bits per heavy atom. The largest absolute Gasteiger partial charge is 0.494 e. The van der Waals surface area contributed by atoms with E-state index in [1.54, 1.807) is 34.8 Å². The third-order valence-corrected chi connectivity index (χ3v) is 6.31. The van der Waals surface area contributed by atoms with E-state index in [1.165, 1.54) is 0 Å². The molecule has 2 aromatic carbocycles. The Morgan fingerprint density at radius 2 is 1.53 bits per heavy atom. The van der Waals surface area contributed by atoms with Crippen molar-refractivity contribution >= 4 is 45.3 Å².